The summed E-state index contributed by atoms with van der Waals surface area (Å²) in [4.78, 5) is 0. The number of hydrogen-bond donors (Lipinski definition) is 2. The van der Waals surface area contributed by atoms with Gasteiger partial charge in [-0.3, -0.25) is 0 Å². The van der Waals surface area contributed by atoms with Gasteiger partial charge in [0.1, 0.15) is 0 Å². The Kier molecular flexibility index (Phi) is 6.68. The Morgan fingerprint density at radius 1 is 1.39 bits per heavy atom. The Bertz CT molecular complexity index is 356. The largest absolute Gasteiger partial charge is 0.505 e. The summed E-state index contributed by atoms with van der Waals surface area (Å²) in [5.74, 6) is -0.280. The third kappa shape index (κ3) is 5.47. The quantitative estimate of drug-likeness (QED) is 0.702. The van der Waals surface area contributed by atoms with Crippen molar-refractivity contribution >= 4 is 0 Å². The zero-order valence-corrected chi connectivity index (χ0v) is 11.1. The van der Waals surface area contributed by atoms with Crippen LogP contribution in [0.4, 0.5) is 4.39 Å². The van der Waals surface area contributed by atoms with Crippen LogP contribution in [0.25, 0.3) is 0 Å². The van der Waals surface area contributed by atoms with Crippen LogP contribution in [0.15, 0.2) is 18.2 Å². The third-order valence-electron chi connectivity index (χ3n) is 2.48. The second-order valence-corrected chi connectivity index (χ2v) is 4.75. The third-order valence-corrected chi connectivity index (χ3v) is 2.48. The fourth-order valence-corrected chi connectivity index (χ4v) is 1.54. The van der Waals surface area contributed by atoms with Crippen molar-refractivity contribution in [2.45, 2.75) is 26.8 Å². The number of ether oxygens (including phenoxy) is 1. The molecule has 0 aliphatic carbocycles. The first-order valence-corrected chi connectivity index (χ1v) is 6.36. The Balaban J connectivity index is 2.13. The van der Waals surface area contributed by atoms with E-state index >= 15 is 0 Å². The minimum atomic E-state index is -0.574. The first kappa shape index (κ1) is 14.9. The summed E-state index contributed by atoms with van der Waals surface area (Å²) in [6.07, 6.45) is 0.906. The molecule has 0 bridgehead atoms. The zero-order valence-electron chi connectivity index (χ0n) is 11.1. The molecule has 2 N–H and O–H groups in total. The molecule has 0 atom stereocenters. The van der Waals surface area contributed by atoms with Gasteiger partial charge in [0.25, 0.3) is 0 Å². The van der Waals surface area contributed by atoms with Crippen LogP contribution < -0.4 is 5.32 Å². The molecule has 1 aromatic carbocycles. The maximum Gasteiger partial charge on any atom is 0.165 e. The van der Waals surface area contributed by atoms with Crippen LogP contribution in [0.2, 0.25) is 0 Å². The highest BCUT2D eigenvalue weighted by molar-refractivity contribution is 5.33. The zero-order chi connectivity index (χ0) is 13.4. The van der Waals surface area contributed by atoms with Crippen molar-refractivity contribution in [1.82, 2.24) is 5.32 Å². The monoisotopic (exact) mass is 255 g/mol. The Hall–Kier alpha value is -1.13. The van der Waals surface area contributed by atoms with Gasteiger partial charge in [-0.25, -0.2) is 4.39 Å². The predicted molar refractivity (Wildman–Crippen MR) is 70.0 cm³/mol. The van der Waals surface area contributed by atoms with Crippen LogP contribution in [0, 0.1) is 11.7 Å². The van der Waals surface area contributed by atoms with Gasteiger partial charge < -0.3 is 15.2 Å². The van der Waals surface area contributed by atoms with Gasteiger partial charge in [-0.05, 0) is 24.9 Å². The van der Waals surface area contributed by atoms with Crippen LogP contribution in [-0.4, -0.2) is 24.9 Å². The normalized spacial score (nSPS) is 11.1. The van der Waals surface area contributed by atoms with E-state index in [0.29, 0.717) is 18.0 Å². The highest BCUT2D eigenvalue weighted by atomic mass is 19.1. The van der Waals surface area contributed by atoms with E-state index in [-0.39, 0.29) is 5.75 Å². The number of nitrogens with one attached hydrogen (secondary N) is 1. The van der Waals surface area contributed by atoms with Gasteiger partial charge in [-0.1, -0.05) is 26.0 Å². The van der Waals surface area contributed by atoms with E-state index in [2.05, 4.69) is 19.2 Å². The molecule has 0 heterocycles. The lowest BCUT2D eigenvalue weighted by atomic mass is 10.2. The number of rotatable bonds is 8. The predicted octanol–water partition coefficient (Wildman–Crippen LogP) is 2.68. The fraction of sp³-hybridized carbons (Fsp3) is 0.571. The molecule has 0 aliphatic heterocycles. The SMILES string of the molecule is CC(C)COCCCNCc1cccc(F)c1O. The number of benzene rings is 1. The lowest BCUT2D eigenvalue weighted by Crippen LogP contribution is -2.17. The van der Waals surface area contributed by atoms with Crippen LogP contribution in [-0.2, 0) is 11.3 Å². The molecule has 0 fully saturated rings. The summed E-state index contributed by atoms with van der Waals surface area (Å²) in [7, 11) is 0. The van der Waals surface area contributed by atoms with Gasteiger partial charge in [-0.2, -0.15) is 0 Å². The Morgan fingerprint density at radius 3 is 2.89 bits per heavy atom. The van der Waals surface area contributed by atoms with Crippen LogP contribution in [0.3, 0.4) is 0 Å². The van der Waals surface area contributed by atoms with Crippen LogP contribution >= 0.6 is 0 Å². The van der Waals surface area contributed by atoms with E-state index in [1.54, 1.807) is 12.1 Å². The summed E-state index contributed by atoms with van der Waals surface area (Å²) in [5.41, 5.74) is 0.582. The molecular weight excluding hydrogens is 233 g/mol. The Labute approximate surface area is 108 Å². The number of aromatic hydroxyl groups is 1. The van der Waals surface area contributed by atoms with Crippen LogP contribution in [0.1, 0.15) is 25.8 Å². The maximum atomic E-state index is 13.0. The molecule has 1 aromatic rings. The standard InChI is InChI=1S/C14H22FNO2/c1-11(2)10-18-8-4-7-16-9-12-5-3-6-13(15)14(12)17/h3,5-6,11,16-17H,4,7-10H2,1-2H3. The molecule has 0 saturated carbocycles. The molecule has 0 radical (unpaired) electrons. The average Bonchev–Trinajstić information content (AvgIpc) is 2.32. The first-order valence-electron chi connectivity index (χ1n) is 6.36. The van der Waals surface area contributed by atoms with Crippen molar-refractivity contribution in [3.8, 4) is 5.75 Å². The highest BCUT2D eigenvalue weighted by Crippen LogP contribution is 2.20. The van der Waals surface area contributed by atoms with Crippen molar-refractivity contribution in [3.63, 3.8) is 0 Å². The van der Waals surface area contributed by atoms with Crippen LogP contribution in [0.5, 0.6) is 5.75 Å². The molecule has 102 valence electrons. The number of hydrogen-bond acceptors (Lipinski definition) is 3. The second-order valence-electron chi connectivity index (χ2n) is 4.75. The van der Waals surface area contributed by atoms with E-state index in [1.807, 2.05) is 0 Å². The average molecular weight is 255 g/mol. The Morgan fingerprint density at radius 2 is 2.17 bits per heavy atom. The maximum absolute atomic E-state index is 13.0. The highest BCUT2D eigenvalue weighted by Gasteiger charge is 2.05. The molecule has 0 spiro atoms. The summed E-state index contributed by atoms with van der Waals surface area (Å²) in [6, 6.07) is 4.55. The van der Waals surface area contributed by atoms with Crippen molar-refractivity contribution in [1.29, 1.82) is 0 Å². The van der Waals surface area contributed by atoms with Crippen molar-refractivity contribution in [2.24, 2.45) is 5.92 Å². The minimum Gasteiger partial charge on any atom is -0.505 e. The van der Waals surface area contributed by atoms with E-state index in [9.17, 15) is 9.50 Å². The number of phenols is 1. The molecule has 4 heteroatoms. The van der Waals surface area contributed by atoms with Gasteiger partial charge >= 0.3 is 0 Å². The van der Waals surface area contributed by atoms with Gasteiger partial charge in [0.05, 0.1) is 0 Å². The fourth-order valence-electron chi connectivity index (χ4n) is 1.54. The summed E-state index contributed by atoms with van der Waals surface area (Å²) < 4.78 is 18.5. The molecule has 1 rings (SSSR count). The number of phenolic OH excluding ortho intramolecular Hbond substituents is 1. The summed E-state index contributed by atoms with van der Waals surface area (Å²) in [5, 5.41) is 12.6. The molecule has 0 unspecified atom stereocenters. The van der Waals surface area contributed by atoms with Crippen molar-refractivity contribution in [3.05, 3.63) is 29.6 Å². The van der Waals surface area contributed by atoms with Gasteiger partial charge in [0.15, 0.2) is 11.6 Å². The first-order chi connectivity index (χ1) is 8.61. The smallest absolute Gasteiger partial charge is 0.165 e. The topological polar surface area (TPSA) is 41.5 Å². The number of halogens is 1. The van der Waals surface area contributed by atoms with E-state index < -0.39 is 5.82 Å². The van der Waals surface area contributed by atoms with E-state index in [4.69, 9.17) is 4.74 Å². The van der Waals surface area contributed by atoms with E-state index in [0.717, 1.165) is 26.2 Å². The second kappa shape index (κ2) is 8.06. The minimum absolute atomic E-state index is 0.263. The van der Waals surface area contributed by atoms with Gasteiger partial charge in [-0.15, -0.1) is 0 Å². The molecule has 0 saturated heterocycles. The summed E-state index contributed by atoms with van der Waals surface area (Å²) >= 11 is 0. The lowest BCUT2D eigenvalue weighted by Gasteiger charge is -2.08. The van der Waals surface area contributed by atoms with Gasteiger partial charge in [0.2, 0.25) is 0 Å². The number of para-hydroxylation sites is 1. The van der Waals surface area contributed by atoms with E-state index in [1.165, 1.54) is 6.07 Å². The molecule has 3 nitrogen and oxygen atoms in total. The molecule has 18 heavy (non-hydrogen) atoms. The lowest BCUT2D eigenvalue weighted by molar-refractivity contribution is 0.108. The van der Waals surface area contributed by atoms with Crippen molar-refractivity contribution < 1.29 is 14.2 Å². The molecule has 0 amide bonds. The molecular formula is C14H22FNO2. The van der Waals surface area contributed by atoms with Gasteiger partial charge in [0, 0.05) is 25.3 Å². The molecule has 0 aliphatic rings. The van der Waals surface area contributed by atoms with Crippen molar-refractivity contribution in [2.75, 3.05) is 19.8 Å². The summed E-state index contributed by atoms with van der Waals surface area (Å²) in [6.45, 7) is 6.99. The molecule has 0 aromatic heterocycles.